The quantitative estimate of drug-likeness (QED) is 0.757. The maximum absolute atomic E-state index is 4.47. The van der Waals surface area contributed by atoms with Gasteiger partial charge in [0.05, 0.1) is 24.1 Å². The molecule has 3 nitrogen and oxygen atoms in total. The average molecular weight is 301 g/mol. The minimum atomic E-state index is 0.178. The number of benzene rings is 2. The lowest BCUT2D eigenvalue weighted by Gasteiger charge is -2.40. The zero-order chi connectivity index (χ0) is 15.6. The molecule has 2 atom stereocenters. The van der Waals surface area contributed by atoms with Gasteiger partial charge in [0.25, 0.3) is 0 Å². The van der Waals surface area contributed by atoms with Crippen molar-refractivity contribution in [2.24, 2.45) is 0 Å². The number of anilines is 1. The van der Waals surface area contributed by atoms with Crippen LogP contribution in [0.1, 0.15) is 35.8 Å². The van der Waals surface area contributed by atoms with Crippen LogP contribution in [0.2, 0.25) is 0 Å². The van der Waals surface area contributed by atoms with Crippen LogP contribution in [0, 0.1) is 0 Å². The van der Waals surface area contributed by atoms with Gasteiger partial charge in [-0.25, -0.2) is 4.98 Å². The van der Waals surface area contributed by atoms with Gasteiger partial charge in [0.15, 0.2) is 0 Å². The van der Waals surface area contributed by atoms with E-state index < -0.39 is 0 Å². The second kappa shape index (κ2) is 5.76. The number of aromatic amines is 1. The van der Waals surface area contributed by atoms with Crippen LogP contribution in [0.5, 0.6) is 0 Å². The number of hydrogen-bond acceptors (Lipinski definition) is 2. The Balaban J connectivity index is 1.83. The number of nitrogens with zero attached hydrogens (tertiary/aromatic N) is 2. The molecule has 0 amide bonds. The third kappa shape index (κ3) is 2.44. The number of fused-ring (bicyclic) bond motifs is 1. The standard InChI is InChI=1S/C20H19N3/c1-15(18-13-21-14-22-18)23-19-10-6-5-9-17(19)11-12-20(23)16-7-3-2-4-8-16/h2-15,20H,1H3,(H,21,22). The second-order valence-corrected chi connectivity index (χ2v) is 5.85. The summed E-state index contributed by atoms with van der Waals surface area (Å²) in [6.45, 7) is 2.21. The van der Waals surface area contributed by atoms with E-state index >= 15 is 0 Å². The van der Waals surface area contributed by atoms with E-state index in [4.69, 9.17) is 0 Å². The number of aromatic nitrogens is 2. The molecular weight excluding hydrogens is 282 g/mol. The van der Waals surface area contributed by atoms with Crippen LogP contribution in [0.4, 0.5) is 5.69 Å². The topological polar surface area (TPSA) is 31.9 Å². The highest BCUT2D eigenvalue weighted by Crippen LogP contribution is 2.41. The normalized spacial score (nSPS) is 17.8. The summed E-state index contributed by atoms with van der Waals surface area (Å²) >= 11 is 0. The van der Waals surface area contributed by atoms with Gasteiger partial charge in [0.1, 0.15) is 0 Å². The molecule has 2 heterocycles. The number of rotatable bonds is 3. The average Bonchev–Trinajstić information content (AvgIpc) is 3.15. The number of H-pyrrole nitrogens is 1. The van der Waals surface area contributed by atoms with E-state index in [1.165, 1.54) is 16.8 Å². The van der Waals surface area contributed by atoms with Crippen molar-refractivity contribution >= 4 is 11.8 Å². The van der Waals surface area contributed by atoms with Crippen molar-refractivity contribution in [2.75, 3.05) is 4.90 Å². The van der Waals surface area contributed by atoms with Gasteiger partial charge in [-0.05, 0) is 24.1 Å². The van der Waals surface area contributed by atoms with E-state index in [0.717, 1.165) is 5.69 Å². The molecule has 1 aromatic heterocycles. The van der Waals surface area contributed by atoms with Crippen LogP contribution < -0.4 is 4.90 Å². The predicted octanol–water partition coefficient (Wildman–Crippen LogP) is 4.75. The lowest BCUT2D eigenvalue weighted by Crippen LogP contribution is -2.32. The molecule has 2 unspecified atom stereocenters. The molecule has 23 heavy (non-hydrogen) atoms. The molecule has 0 saturated heterocycles. The summed E-state index contributed by atoms with van der Waals surface area (Å²) < 4.78 is 0. The number of para-hydroxylation sites is 1. The Morgan fingerprint density at radius 1 is 1.04 bits per heavy atom. The maximum atomic E-state index is 4.47. The third-order valence-corrected chi connectivity index (χ3v) is 4.48. The molecule has 4 rings (SSSR count). The monoisotopic (exact) mass is 301 g/mol. The van der Waals surface area contributed by atoms with E-state index in [1.54, 1.807) is 6.33 Å². The Bertz CT molecular complexity index is 806. The van der Waals surface area contributed by atoms with Gasteiger partial charge >= 0.3 is 0 Å². The first-order valence-corrected chi connectivity index (χ1v) is 7.94. The van der Waals surface area contributed by atoms with Gasteiger partial charge in [0.2, 0.25) is 0 Å². The van der Waals surface area contributed by atoms with Crippen LogP contribution in [-0.4, -0.2) is 9.97 Å². The van der Waals surface area contributed by atoms with Crippen molar-refractivity contribution < 1.29 is 0 Å². The minimum absolute atomic E-state index is 0.178. The van der Waals surface area contributed by atoms with E-state index in [-0.39, 0.29) is 12.1 Å². The van der Waals surface area contributed by atoms with Gasteiger partial charge < -0.3 is 9.88 Å². The third-order valence-electron chi connectivity index (χ3n) is 4.48. The Hall–Kier alpha value is -2.81. The largest absolute Gasteiger partial charge is 0.352 e. The molecule has 1 N–H and O–H groups in total. The molecule has 3 aromatic rings. The molecule has 0 aliphatic carbocycles. The first-order valence-electron chi connectivity index (χ1n) is 7.94. The van der Waals surface area contributed by atoms with Gasteiger partial charge in [0, 0.05) is 11.9 Å². The molecule has 0 radical (unpaired) electrons. The van der Waals surface area contributed by atoms with Crippen LogP contribution >= 0.6 is 0 Å². The molecular formula is C20H19N3. The number of nitrogens with one attached hydrogen (secondary N) is 1. The lowest BCUT2D eigenvalue weighted by molar-refractivity contribution is 0.607. The van der Waals surface area contributed by atoms with Crippen molar-refractivity contribution in [3.8, 4) is 0 Å². The van der Waals surface area contributed by atoms with E-state index in [0.29, 0.717) is 0 Å². The zero-order valence-electron chi connectivity index (χ0n) is 13.1. The fourth-order valence-corrected chi connectivity index (χ4v) is 3.32. The first kappa shape index (κ1) is 13.8. The van der Waals surface area contributed by atoms with Crippen molar-refractivity contribution in [3.63, 3.8) is 0 Å². The Morgan fingerprint density at radius 3 is 2.61 bits per heavy atom. The molecule has 1 aliphatic rings. The summed E-state index contributed by atoms with van der Waals surface area (Å²) in [5.74, 6) is 0. The highest BCUT2D eigenvalue weighted by atomic mass is 15.2. The molecule has 114 valence electrons. The predicted molar refractivity (Wildman–Crippen MR) is 94.1 cm³/mol. The van der Waals surface area contributed by atoms with Crippen LogP contribution in [0.3, 0.4) is 0 Å². The van der Waals surface area contributed by atoms with E-state index in [2.05, 4.69) is 88.5 Å². The molecule has 0 saturated carbocycles. The zero-order valence-corrected chi connectivity index (χ0v) is 13.1. The Kier molecular flexibility index (Phi) is 3.46. The summed E-state index contributed by atoms with van der Waals surface area (Å²) in [6, 6.07) is 19.6. The SMILES string of the molecule is CC(c1c[nH]cn1)N1c2ccccc2C=CC1c1ccccc1. The second-order valence-electron chi connectivity index (χ2n) is 5.85. The van der Waals surface area contributed by atoms with E-state index in [1.807, 2.05) is 6.20 Å². The van der Waals surface area contributed by atoms with Crippen LogP contribution in [-0.2, 0) is 0 Å². The van der Waals surface area contributed by atoms with Gasteiger partial charge in [-0.1, -0.05) is 60.7 Å². The maximum Gasteiger partial charge on any atom is 0.0924 e. The molecule has 0 fully saturated rings. The van der Waals surface area contributed by atoms with Crippen molar-refractivity contribution in [1.29, 1.82) is 0 Å². The lowest BCUT2D eigenvalue weighted by atomic mass is 9.95. The first-order chi connectivity index (χ1) is 11.3. The van der Waals surface area contributed by atoms with Gasteiger partial charge in [-0.2, -0.15) is 0 Å². The molecule has 3 heteroatoms. The Morgan fingerprint density at radius 2 is 1.83 bits per heavy atom. The molecule has 0 bridgehead atoms. The highest BCUT2D eigenvalue weighted by Gasteiger charge is 2.29. The van der Waals surface area contributed by atoms with Crippen molar-refractivity contribution in [3.05, 3.63) is 90.0 Å². The molecule has 0 spiro atoms. The van der Waals surface area contributed by atoms with Gasteiger partial charge in [-0.15, -0.1) is 0 Å². The smallest absolute Gasteiger partial charge is 0.0924 e. The fourth-order valence-electron chi connectivity index (χ4n) is 3.32. The summed E-state index contributed by atoms with van der Waals surface area (Å²) in [5, 5.41) is 0. The summed E-state index contributed by atoms with van der Waals surface area (Å²) in [6.07, 6.45) is 8.23. The van der Waals surface area contributed by atoms with Crippen LogP contribution in [0.15, 0.2) is 73.2 Å². The minimum Gasteiger partial charge on any atom is -0.352 e. The summed E-state index contributed by atoms with van der Waals surface area (Å²) in [4.78, 5) is 9.99. The van der Waals surface area contributed by atoms with Crippen LogP contribution in [0.25, 0.3) is 6.08 Å². The fraction of sp³-hybridized carbons (Fsp3) is 0.150. The highest BCUT2D eigenvalue weighted by molar-refractivity contribution is 5.73. The Labute approximate surface area is 136 Å². The summed E-state index contributed by atoms with van der Waals surface area (Å²) in [7, 11) is 0. The molecule has 2 aromatic carbocycles. The number of hydrogen-bond donors (Lipinski definition) is 1. The summed E-state index contributed by atoms with van der Waals surface area (Å²) in [5.41, 5.74) is 4.85. The van der Waals surface area contributed by atoms with Crippen molar-refractivity contribution in [1.82, 2.24) is 9.97 Å². The van der Waals surface area contributed by atoms with E-state index in [9.17, 15) is 0 Å². The number of imidazole rings is 1. The van der Waals surface area contributed by atoms with Crippen molar-refractivity contribution in [2.45, 2.75) is 19.0 Å². The van der Waals surface area contributed by atoms with Gasteiger partial charge in [-0.3, -0.25) is 0 Å². The molecule has 1 aliphatic heterocycles.